The lowest BCUT2D eigenvalue weighted by molar-refractivity contribution is -0.384. The minimum Gasteiger partial charge on any atom is -0.373 e. The van der Waals surface area contributed by atoms with Crippen LogP contribution in [0.5, 0.6) is 0 Å². The van der Waals surface area contributed by atoms with Gasteiger partial charge in [0, 0.05) is 17.7 Å². The molecule has 2 fully saturated rings. The van der Waals surface area contributed by atoms with Crippen LogP contribution in [0.1, 0.15) is 24.8 Å². The van der Waals surface area contributed by atoms with Crippen molar-refractivity contribution in [2.75, 3.05) is 0 Å². The molecule has 3 unspecified atom stereocenters. The van der Waals surface area contributed by atoms with Gasteiger partial charge in [0.2, 0.25) is 0 Å². The summed E-state index contributed by atoms with van der Waals surface area (Å²) in [5, 5.41) is 10.7. The van der Waals surface area contributed by atoms with Gasteiger partial charge >= 0.3 is 0 Å². The summed E-state index contributed by atoms with van der Waals surface area (Å²) in [5.74, 6) is 0. The molecule has 0 aromatic heterocycles. The van der Waals surface area contributed by atoms with Gasteiger partial charge < -0.3 is 10.5 Å². The third-order valence-electron chi connectivity index (χ3n) is 4.01. The average Bonchev–Trinajstić information content (AvgIpc) is 2.88. The van der Waals surface area contributed by atoms with Gasteiger partial charge in [-0.2, -0.15) is 0 Å². The Morgan fingerprint density at radius 2 is 2.33 bits per heavy atom. The highest BCUT2D eigenvalue weighted by Gasteiger charge is 2.49. The van der Waals surface area contributed by atoms with Gasteiger partial charge in [-0.1, -0.05) is 12.1 Å². The molecule has 1 aromatic rings. The minimum atomic E-state index is -0.371. The van der Waals surface area contributed by atoms with Crippen molar-refractivity contribution >= 4 is 5.69 Å². The molecule has 2 aliphatic heterocycles. The van der Waals surface area contributed by atoms with Crippen LogP contribution in [-0.2, 0) is 11.2 Å². The van der Waals surface area contributed by atoms with Gasteiger partial charge in [0.25, 0.3) is 5.69 Å². The third-order valence-corrected chi connectivity index (χ3v) is 4.01. The van der Waals surface area contributed by atoms with E-state index in [2.05, 4.69) is 0 Å². The van der Waals surface area contributed by atoms with Crippen LogP contribution >= 0.6 is 0 Å². The van der Waals surface area contributed by atoms with E-state index in [1.54, 1.807) is 12.1 Å². The van der Waals surface area contributed by atoms with Crippen molar-refractivity contribution in [1.29, 1.82) is 0 Å². The molecule has 0 radical (unpaired) electrons. The van der Waals surface area contributed by atoms with E-state index in [-0.39, 0.29) is 22.3 Å². The highest BCUT2D eigenvalue weighted by molar-refractivity contribution is 5.35. The highest BCUT2D eigenvalue weighted by atomic mass is 16.6. The molecule has 2 aliphatic rings. The van der Waals surface area contributed by atoms with Crippen molar-refractivity contribution in [2.45, 2.75) is 43.4 Å². The Bertz CT molecular complexity index is 491. The number of fused-ring (bicyclic) bond motifs is 2. The molecule has 18 heavy (non-hydrogen) atoms. The summed E-state index contributed by atoms with van der Waals surface area (Å²) in [6.45, 7) is 0. The van der Waals surface area contributed by atoms with Gasteiger partial charge in [-0.3, -0.25) is 10.1 Å². The summed E-state index contributed by atoms with van der Waals surface area (Å²) in [5.41, 5.74) is 7.10. The molecule has 3 atom stereocenters. The van der Waals surface area contributed by atoms with Crippen molar-refractivity contribution in [2.24, 2.45) is 5.73 Å². The first kappa shape index (κ1) is 11.6. The zero-order chi connectivity index (χ0) is 12.8. The molecule has 2 heterocycles. The predicted molar refractivity (Wildman–Crippen MR) is 66.2 cm³/mol. The first-order valence-electron chi connectivity index (χ1n) is 6.24. The molecular formula is C13H16N2O3. The normalized spacial score (nSPS) is 33.8. The summed E-state index contributed by atoms with van der Waals surface area (Å²) in [6.07, 6.45) is 4.02. The van der Waals surface area contributed by atoms with Crippen molar-refractivity contribution < 1.29 is 9.66 Å². The number of rotatable bonds is 3. The topological polar surface area (TPSA) is 78.4 Å². The Morgan fingerprint density at radius 1 is 1.50 bits per heavy atom. The van der Waals surface area contributed by atoms with Crippen molar-refractivity contribution in [3.05, 3.63) is 39.9 Å². The largest absolute Gasteiger partial charge is 0.373 e. The Morgan fingerprint density at radius 3 is 2.94 bits per heavy atom. The van der Waals surface area contributed by atoms with Crippen molar-refractivity contribution in [3.8, 4) is 0 Å². The van der Waals surface area contributed by atoms with Gasteiger partial charge in [0.1, 0.15) is 0 Å². The molecule has 0 aliphatic carbocycles. The fourth-order valence-electron chi connectivity index (χ4n) is 3.18. The number of nitro groups is 1. The van der Waals surface area contributed by atoms with Gasteiger partial charge in [-0.15, -0.1) is 0 Å². The van der Waals surface area contributed by atoms with E-state index in [0.29, 0.717) is 12.5 Å². The predicted octanol–water partition coefficient (Wildman–Crippen LogP) is 1.79. The van der Waals surface area contributed by atoms with Crippen molar-refractivity contribution in [1.82, 2.24) is 0 Å². The maximum Gasteiger partial charge on any atom is 0.269 e. The molecule has 2 N–H and O–H groups in total. The van der Waals surface area contributed by atoms with Crippen LogP contribution in [0.25, 0.3) is 0 Å². The number of nitrogens with two attached hydrogens (primary N) is 1. The molecule has 0 spiro atoms. The smallest absolute Gasteiger partial charge is 0.269 e. The monoisotopic (exact) mass is 248 g/mol. The summed E-state index contributed by atoms with van der Waals surface area (Å²) in [4.78, 5) is 10.4. The number of nitrogens with zero attached hydrogens (tertiary/aromatic N) is 1. The lowest BCUT2D eigenvalue weighted by Gasteiger charge is -2.31. The quantitative estimate of drug-likeness (QED) is 0.653. The molecule has 5 nitrogen and oxygen atoms in total. The van der Waals surface area contributed by atoms with E-state index in [1.807, 2.05) is 6.07 Å². The number of ether oxygens (including phenoxy) is 1. The number of hydrogen-bond donors (Lipinski definition) is 1. The minimum absolute atomic E-state index is 0.113. The van der Waals surface area contributed by atoms with Gasteiger partial charge in [0.05, 0.1) is 17.1 Å². The Kier molecular flexibility index (Phi) is 2.60. The van der Waals surface area contributed by atoms with Crippen LogP contribution in [0.3, 0.4) is 0 Å². The second kappa shape index (κ2) is 4.03. The Labute approximate surface area is 105 Å². The second-order valence-corrected chi connectivity index (χ2v) is 5.37. The molecule has 96 valence electrons. The van der Waals surface area contributed by atoms with Gasteiger partial charge in [0.15, 0.2) is 0 Å². The van der Waals surface area contributed by atoms with E-state index in [0.717, 1.165) is 24.8 Å². The number of non-ortho nitro benzene ring substituents is 1. The molecule has 0 amide bonds. The lowest BCUT2D eigenvalue weighted by atomic mass is 9.78. The maximum atomic E-state index is 10.7. The number of hydrogen-bond acceptors (Lipinski definition) is 4. The zero-order valence-electron chi connectivity index (χ0n) is 10.0. The fourth-order valence-corrected chi connectivity index (χ4v) is 3.18. The maximum absolute atomic E-state index is 10.7. The van der Waals surface area contributed by atoms with Crippen LogP contribution in [0.15, 0.2) is 24.3 Å². The summed E-state index contributed by atoms with van der Waals surface area (Å²) >= 11 is 0. The standard InChI is InChI=1S/C13H16N2O3/c14-13(8-11-4-5-12(13)18-11)7-9-2-1-3-10(6-9)15(16)17/h1-3,6,11-12H,4-5,7-8,14H2. The van der Waals surface area contributed by atoms with Crippen molar-refractivity contribution in [3.63, 3.8) is 0 Å². The van der Waals surface area contributed by atoms with E-state index in [1.165, 1.54) is 6.07 Å². The molecule has 0 saturated carbocycles. The SMILES string of the molecule is NC1(Cc2cccc([N+](=O)[O-])c2)CC2CCC1O2. The molecule has 5 heteroatoms. The summed E-state index contributed by atoms with van der Waals surface area (Å²) in [7, 11) is 0. The molecular weight excluding hydrogens is 232 g/mol. The Balaban J connectivity index is 1.80. The molecule has 2 saturated heterocycles. The molecule has 2 bridgehead atoms. The van der Waals surface area contributed by atoms with E-state index in [4.69, 9.17) is 10.5 Å². The lowest BCUT2D eigenvalue weighted by Crippen LogP contribution is -2.50. The van der Waals surface area contributed by atoms with Gasteiger partial charge in [-0.05, 0) is 31.2 Å². The Hall–Kier alpha value is -1.46. The van der Waals surface area contributed by atoms with Crippen LogP contribution in [0.2, 0.25) is 0 Å². The van der Waals surface area contributed by atoms with E-state index >= 15 is 0 Å². The van der Waals surface area contributed by atoms with Crippen LogP contribution in [0, 0.1) is 10.1 Å². The third kappa shape index (κ3) is 1.89. The van der Waals surface area contributed by atoms with E-state index in [9.17, 15) is 10.1 Å². The summed E-state index contributed by atoms with van der Waals surface area (Å²) in [6, 6.07) is 6.73. The molecule has 1 aromatic carbocycles. The van der Waals surface area contributed by atoms with Crippen LogP contribution in [-0.4, -0.2) is 22.7 Å². The molecule has 3 rings (SSSR count). The average molecular weight is 248 g/mol. The van der Waals surface area contributed by atoms with Crippen LogP contribution < -0.4 is 5.73 Å². The number of nitro benzene ring substituents is 1. The number of benzene rings is 1. The summed E-state index contributed by atoms with van der Waals surface area (Å²) < 4.78 is 5.78. The first-order chi connectivity index (χ1) is 8.57. The van der Waals surface area contributed by atoms with E-state index < -0.39 is 0 Å². The zero-order valence-corrected chi connectivity index (χ0v) is 10.0. The second-order valence-electron chi connectivity index (χ2n) is 5.37. The fraction of sp³-hybridized carbons (Fsp3) is 0.538. The highest BCUT2D eigenvalue weighted by Crippen LogP contribution is 2.42. The first-order valence-corrected chi connectivity index (χ1v) is 6.24. The van der Waals surface area contributed by atoms with Gasteiger partial charge in [-0.25, -0.2) is 0 Å². The van der Waals surface area contributed by atoms with Crippen LogP contribution in [0.4, 0.5) is 5.69 Å².